The summed E-state index contributed by atoms with van der Waals surface area (Å²) in [6.45, 7) is 3.31. The minimum Gasteiger partial charge on any atom is -0.384 e. The number of benzene rings is 1. The predicted octanol–water partition coefficient (Wildman–Crippen LogP) is 0.924. The van der Waals surface area contributed by atoms with Crippen molar-refractivity contribution < 1.29 is 14.7 Å². The van der Waals surface area contributed by atoms with Gasteiger partial charge in [0.1, 0.15) is 12.6 Å². The Bertz CT molecular complexity index is 603. The van der Waals surface area contributed by atoms with Crippen LogP contribution < -0.4 is 11.1 Å². The quantitative estimate of drug-likeness (QED) is 0.722. The van der Waals surface area contributed by atoms with E-state index < -0.39 is 17.9 Å². The molecule has 0 aliphatic heterocycles. The van der Waals surface area contributed by atoms with Gasteiger partial charge in [-0.3, -0.25) is 9.59 Å². The lowest BCUT2D eigenvalue weighted by atomic mass is 10.0. The molecule has 0 bridgehead atoms. The Morgan fingerprint density at radius 2 is 2.10 bits per heavy atom. The van der Waals surface area contributed by atoms with Crippen LogP contribution in [-0.4, -0.2) is 29.6 Å². The van der Waals surface area contributed by atoms with Crippen molar-refractivity contribution in [2.24, 2.45) is 11.7 Å². The molecule has 1 rings (SSSR count). The lowest BCUT2D eigenvalue weighted by molar-refractivity contribution is -0.120. The Labute approximate surface area is 128 Å². The number of nitrogens with one attached hydrogen (secondary N) is 1. The second-order valence-electron chi connectivity index (χ2n) is 4.75. The standard InChI is InChI=1S/C15H17ClN2O3/c1-9(2)13(14(17)20)18-15(21)11-6-5-10(4-3-7-19)12(16)8-11/h5-6,8-9,13,19H,7H2,1-2H3,(H2,17,20)(H,18,21). The number of primary amides is 1. The molecule has 1 aromatic rings. The lowest BCUT2D eigenvalue weighted by Crippen LogP contribution is -2.47. The summed E-state index contributed by atoms with van der Waals surface area (Å²) in [6.07, 6.45) is 0. The number of hydrogen-bond acceptors (Lipinski definition) is 3. The number of hydrogen-bond donors (Lipinski definition) is 3. The van der Waals surface area contributed by atoms with Crippen LogP contribution in [0.4, 0.5) is 0 Å². The monoisotopic (exact) mass is 308 g/mol. The average molecular weight is 309 g/mol. The largest absolute Gasteiger partial charge is 0.384 e. The van der Waals surface area contributed by atoms with Crippen LogP contribution in [0, 0.1) is 17.8 Å². The van der Waals surface area contributed by atoms with E-state index >= 15 is 0 Å². The summed E-state index contributed by atoms with van der Waals surface area (Å²) in [6, 6.07) is 3.83. The van der Waals surface area contributed by atoms with Gasteiger partial charge in [-0.05, 0) is 24.1 Å². The van der Waals surface area contributed by atoms with E-state index in [1.54, 1.807) is 26.0 Å². The van der Waals surface area contributed by atoms with Gasteiger partial charge >= 0.3 is 0 Å². The third kappa shape index (κ3) is 4.78. The Morgan fingerprint density at radius 3 is 2.57 bits per heavy atom. The first-order valence-electron chi connectivity index (χ1n) is 6.36. The van der Waals surface area contributed by atoms with E-state index in [0.717, 1.165) is 0 Å². The summed E-state index contributed by atoms with van der Waals surface area (Å²) >= 11 is 6.02. The molecular formula is C15H17ClN2O3. The van der Waals surface area contributed by atoms with Gasteiger partial charge < -0.3 is 16.2 Å². The highest BCUT2D eigenvalue weighted by atomic mass is 35.5. The number of nitrogens with two attached hydrogens (primary N) is 1. The predicted molar refractivity (Wildman–Crippen MR) is 80.7 cm³/mol. The molecule has 6 heteroatoms. The van der Waals surface area contributed by atoms with Crippen molar-refractivity contribution in [3.8, 4) is 11.8 Å². The van der Waals surface area contributed by atoms with Crippen LogP contribution in [0.5, 0.6) is 0 Å². The summed E-state index contributed by atoms with van der Waals surface area (Å²) < 4.78 is 0. The average Bonchev–Trinajstić information content (AvgIpc) is 2.42. The van der Waals surface area contributed by atoms with E-state index in [9.17, 15) is 9.59 Å². The van der Waals surface area contributed by atoms with Crippen molar-refractivity contribution in [2.45, 2.75) is 19.9 Å². The third-order valence-corrected chi connectivity index (χ3v) is 3.11. The van der Waals surface area contributed by atoms with Crippen LogP contribution in [-0.2, 0) is 4.79 Å². The molecule has 5 nitrogen and oxygen atoms in total. The maximum atomic E-state index is 12.1. The van der Waals surface area contributed by atoms with Crippen molar-refractivity contribution in [2.75, 3.05) is 6.61 Å². The second kappa shape index (κ2) is 7.67. The van der Waals surface area contributed by atoms with Crippen LogP contribution in [0.15, 0.2) is 18.2 Å². The van der Waals surface area contributed by atoms with Gasteiger partial charge in [0.05, 0.1) is 5.02 Å². The zero-order chi connectivity index (χ0) is 16.0. The summed E-state index contributed by atoms with van der Waals surface area (Å²) in [5.41, 5.74) is 6.07. The van der Waals surface area contributed by atoms with E-state index in [0.29, 0.717) is 16.1 Å². The smallest absolute Gasteiger partial charge is 0.251 e. The fourth-order valence-corrected chi connectivity index (χ4v) is 1.91. The van der Waals surface area contributed by atoms with Gasteiger partial charge in [-0.2, -0.15) is 0 Å². The first-order chi connectivity index (χ1) is 9.86. The van der Waals surface area contributed by atoms with Gasteiger partial charge in [0.15, 0.2) is 0 Å². The van der Waals surface area contributed by atoms with E-state index in [2.05, 4.69) is 17.2 Å². The van der Waals surface area contributed by atoms with Crippen molar-refractivity contribution in [3.05, 3.63) is 34.3 Å². The van der Waals surface area contributed by atoms with Crippen molar-refractivity contribution in [3.63, 3.8) is 0 Å². The SMILES string of the molecule is CC(C)C(NC(=O)c1ccc(C#CCO)c(Cl)c1)C(N)=O. The highest BCUT2D eigenvalue weighted by Gasteiger charge is 2.22. The van der Waals surface area contributed by atoms with Crippen LogP contribution in [0.3, 0.4) is 0 Å². The number of amides is 2. The Kier molecular flexibility index (Phi) is 6.22. The number of carbonyl (C=O) groups is 2. The van der Waals surface area contributed by atoms with Crippen LogP contribution in [0.25, 0.3) is 0 Å². The molecule has 0 aliphatic rings. The molecule has 1 aromatic carbocycles. The van der Waals surface area contributed by atoms with Gasteiger partial charge in [0.25, 0.3) is 5.91 Å². The molecule has 0 aliphatic carbocycles. The first-order valence-corrected chi connectivity index (χ1v) is 6.74. The van der Waals surface area contributed by atoms with E-state index in [-0.39, 0.29) is 12.5 Å². The molecule has 4 N–H and O–H groups in total. The fraction of sp³-hybridized carbons (Fsp3) is 0.333. The minimum absolute atomic E-state index is 0.114. The maximum Gasteiger partial charge on any atom is 0.251 e. The number of rotatable bonds is 4. The number of aliphatic hydroxyl groups excluding tert-OH is 1. The zero-order valence-electron chi connectivity index (χ0n) is 11.8. The second-order valence-corrected chi connectivity index (χ2v) is 5.16. The molecule has 2 amide bonds. The first kappa shape index (κ1) is 17.0. The number of carbonyl (C=O) groups excluding carboxylic acids is 2. The molecule has 112 valence electrons. The molecule has 1 atom stereocenters. The molecule has 0 radical (unpaired) electrons. The van der Waals surface area contributed by atoms with Crippen LogP contribution in [0.1, 0.15) is 29.8 Å². The number of aliphatic hydroxyl groups is 1. The summed E-state index contributed by atoms with van der Waals surface area (Å²) in [5.74, 6) is 4.01. The Hall–Kier alpha value is -2.03. The van der Waals surface area contributed by atoms with E-state index in [4.69, 9.17) is 22.4 Å². The Balaban J connectivity index is 2.93. The lowest BCUT2D eigenvalue weighted by Gasteiger charge is -2.19. The molecule has 0 aromatic heterocycles. The summed E-state index contributed by atoms with van der Waals surface area (Å²) in [7, 11) is 0. The molecule has 0 heterocycles. The van der Waals surface area contributed by atoms with Gasteiger partial charge in [-0.1, -0.05) is 37.3 Å². The molecule has 0 saturated carbocycles. The van der Waals surface area contributed by atoms with E-state index in [1.807, 2.05) is 0 Å². The van der Waals surface area contributed by atoms with E-state index in [1.165, 1.54) is 6.07 Å². The van der Waals surface area contributed by atoms with Crippen molar-refractivity contribution >= 4 is 23.4 Å². The minimum atomic E-state index is -0.745. The van der Waals surface area contributed by atoms with Crippen molar-refractivity contribution in [1.29, 1.82) is 0 Å². The topological polar surface area (TPSA) is 92.4 Å². The molecule has 0 spiro atoms. The normalized spacial score (nSPS) is 11.5. The summed E-state index contributed by atoms with van der Waals surface area (Å²) in [5, 5.41) is 11.5. The van der Waals surface area contributed by atoms with Gasteiger partial charge in [-0.15, -0.1) is 0 Å². The molecular weight excluding hydrogens is 292 g/mol. The van der Waals surface area contributed by atoms with Gasteiger partial charge in [-0.25, -0.2) is 0 Å². The maximum absolute atomic E-state index is 12.1. The zero-order valence-corrected chi connectivity index (χ0v) is 12.6. The number of halogens is 1. The molecule has 21 heavy (non-hydrogen) atoms. The van der Waals surface area contributed by atoms with Crippen LogP contribution in [0.2, 0.25) is 5.02 Å². The third-order valence-electron chi connectivity index (χ3n) is 2.79. The molecule has 0 fully saturated rings. The Morgan fingerprint density at radius 1 is 1.43 bits per heavy atom. The van der Waals surface area contributed by atoms with Gasteiger partial charge in [0, 0.05) is 11.1 Å². The summed E-state index contributed by atoms with van der Waals surface area (Å²) in [4.78, 5) is 23.4. The fourth-order valence-electron chi connectivity index (χ4n) is 1.68. The van der Waals surface area contributed by atoms with Gasteiger partial charge in [0.2, 0.25) is 5.91 Å². The molecule has 0 saturated heterocycles. The molecule has 1 unspecified atom stereocenters. The highest BCUT2D eigenvalue weighted by molar-refractivity contribution is 6.32. The van der Waals surface area contributed by atoms with Crippen LogP contribution >= 0.6 is 11.6 Å². The van der Waals surface area contributed by atoms with Crippen molar-refractivity contribution in [1.82, 2.24) is 5.32 Å². The highest BCUT2D eigenvalue weighted by Crippen LogP contribution is 2.17.